The van der Waals surface area contributed by atoms with E-state index in [0.717, 1.165) is 19.1 Å². The van der Waals surface area contributed by atoms with Crippen molar-refractivity contribution in [3.63, 3.8) is 0 Å². The third-order valence-corrected chi connectivity index (χ3v) is 6.87. The number of carbonyl (C=O) groups excluding carboxylic acids is 1. The maximum atomic E-state index is 12.9. The quantitative estimate of drug-likeness (QED) is 0.819. The minimum absolute atomic E-state index is 0.182. The number of nitrogens with one attached hydrogen (secondary N) is 1. The summed E-state index contributed by atoms with van der Waals surface area (Å²) in [4.78, 5) is 12.9. The summed E-state index contributed by atoms with van der Waals surface area (Å²) >= 11 is 6.02. The zero-order chi connectivity index (χ0) is 18.2. The summed E-state index contributed by atoms with van der Waals surface area (Å²) in [5.41, 5.74) is 0.421. The minimum atomic E-state index is -3.62. The van der Waals surface area contributed by atoms with Crippen molar-refractivity contribution in [2.24, 2.45) is 11.8 Å². The van der Waals surface area contributed by atoms with Gasteiger partial charge in [-0.15, -0.1) is 0 Å². The van der Waals surface area contributed by atoms with Crippen molar-refractivity contribution in [3.05, 3.63) is 29.3 Å². The summed E-state index contributed by atoms with van der Waals surface area (Å²) in [6.45, 7) is 1.83. The van der Waals surface area contributed by atoms with E-state index < -0.39 is 16.1 Å². The fraction of sp³-hybridized carbons (Fsp3) is 0.611. The maximum absolute atomic E-state index is 12.9. The average Bonchev–Trinajstić information content (AvgIpc) is 3.13. The zero-order valence-corrected chi connectivity index (χ0v) is 16.2. The summed E-state index contributed by atoms with van der Waals surface area (Å²) < 4.78 is 26.0. The summed E-state index contributed by atoms with van der Waals surface area (Å²) in [5.74, 6) is 1.05. The molecule has 0 radical (unpaired) electrons. The molecular formula is C18H25ClN2O3S. The van der Waals surface area contributed by atoms with Gasteiger partial charge in [0.15, 0.2) is 0 Å². The first-order chi connectivity index (χ1) is 11.8. The Balaban J connectivity index is 1.83. The van der Waals surface area contributed by atoms with Crippen molar-refractivity contribution >= 4 is 33.2 Å². The number of amides is 1. The van der Waals surface area contributed by atoms with E-state index in [9.17, 15) is 13.2 Å². The molecule has 0 unspecified atom stereocenters. The zero-order valence-electron chi connectivity index (χ0n) is 14.6. The first kappa shape index (κ1) is 18.5. The molecule has 0 aliphatic heterocycles. The van der Waals surface area contributed by atoms with Crippen LogP contribution in [-0.4, -0.2) is 32.7 Å². The minimum Gasteiger partial charge on any atom is -0.351 e. The van der Waals surface area contributed by atoms with Gasteiger partial charge in [-0.2, -0.15) is 0 Å². The van der Waals surface area contributed by atoms with E-state index in [-0.39, 0.29) is 11.9 Å². The normalized spacial score (nSPS) is 26.4. The van der Waals surface area contributed by atoms with Crippen LogP contribution < -0.4 is 9.62 Å². The van der Waals surface area contributed by atoms with E-state index in [4.69, 9.17) is 11.6 Å². The number of sulfonamides is 1. The van der Waals surface area contributed by atoms with Crippen LogP contribution in [0.15, 0.2) is 24.3 Å². The Kier molecular flexibility index (Phi) is 5.30. The van der Waals surface area contributed by atoms with Gasteiger partial charge >= 0.3 is 0 Å². The Hall–Kier alpha value is -1.27. The molecule has 25 heavy (non-hydrogen) atoms. The number of anilines is 1. The molecule has 2 saturated carbocycles. The largest absolute Gasteiger partial charge is 0.351 e. The number of halogens is 1. The molecule has 2 fully saturated rings. The SMILES string of the molecule is CC[C@H](C(=O)N[C@H]1C[C@H]2CC[C@H]1C2)N(c1cccc(Cl)c1)S(C)(=O)=O. The molecule has 3 rings (SSSR count). The lowest BCUT2D eigenvalue weighted by atomic mass is 9.95. The van der Waals surface area contributed by atoms with E-state index >= 15 is 0 Å². The van der Waals surface area contributed by atoms with Gasteiger partial charge in [0.25, 0.3) is 0 Å². The molecular weight excluding hydrogens is 360 g/mol. The maximum Gasteiger partial charge on any atom is 0.244 e. The van der Waals surface area contributed by atoms with Crippen molar-refractivity contribution in [2.45, 2.75) is 51.1 Å². The smallest absolute Gasteiger partial charge is 0.244 e. The van der Waals surface area contributed by atoms with E-state index in [1.807, 2.05) is 6.92 Å². The predicted molar refractivity (Wildman–Crippen MR) is 100 cm³/mol. The highest BCUT2D eigenvalue weighted by atomic mass is 35.5. The van der Waals surface area contributed by atoms with Crippen LogP contribution in [0.2, 0.25) is 5.02 Å². The second-order valence-corrected chi connectivity index (χ2v) is 9.55. The number of rotatable bonds is 6. The van der Waals surface area contributed by atoms with Gasteiger partial charge in [-0.05, 0) is 55.7 Å². The predicted octanol–water partition coefficient (Wildman–Crippen LogP) is 3.19. The van der Waals surface area contributed by atoms with Crippen LogP contribution in [0.3, 0.4) is 0 Å². The molecule has 2 aliphatic rings. The molecule has 5 nitrogen and oxygen atoms in total. The van der Waals surface area contributed by atoms with Gasteiger partial charge in [-0.3, -0.25) is 9.10 Å². The lowest BCUT2D eigenvalue weighted by Crippen LogP contribution is -2.52. The van der Waals surface area contributed by atoms with Crippen molar-refractivity contribution < 1.29 is 13.2 Å². The van der Waals surface area contributed by atoms with Crippen LogP contribution in [0.1, 0.15) is 39.0 Å². The molecule has 2 bridgehead atoms. The van der Waals surface area contributed by atoms with Gasteiger partial charge in [-0.1, -0.05) is 31.0 Å². The van der Waals surface area contributed by atoms with Gasteiger partial charge in [0.05, 0.1) is 11.9 Å². The highest BCUT2D eigenvalue weighted by Gasteiger charge is 2.41. The first-order valence-electron chi connectivity index (χ1n) is 8.85. The molecule has 1 N–H and O–H groups in total. The Bertz CT molecular complexity index is 752. The van der Waals surface area contributed by atoms with Crippen molar-refractivity contribution in [1.82, 2.24) is 5.32 Å². The van der Waals surface area contributed by atoms with Gasteiger partial charge < -0.3 is 5.32 Å². The molecule has 1 aromatic carbocycles. The number of hydrogen-bond acceptors (Lipinski definition) is 3. The molecule has 0 aromatic heterocycles. The van der Waals surface area contributed by atoms with Crippen molar-refractivity contribution in [2.75, 3.05) is 10.6 Å². The first-order valence-corrected chi connectivity index (χ1v) is 11.1. The van der Waals surface area contributed by atoms with Crippen LogP contribution in [0.25, 0.3) is 0 Å². The Morgan fingerprint density at radius 2 is 2.12 bits per heavy atom. The monoisotopic (exact) mass is 384 g/mol. The third kappa shape index (κ3) is 3.95. The van der Waals surface area contributed by atoms with E-state index in [1.165, 1.54) is 17.1 Å². The number of benzene rings is 1. The number of hydrogen-bond donors (Lipinski definition) is 1. The Morgan fingerprint density at radius 1 is 1.36 bits per heavy atom. The van der Waals surface area contributed by atoms with Gasteiger partial charge in [0.2, 0.25) is 15.9 Å². The van der Waals surface area contributed by atoms with Crippen LogP contribution in [0.5, 0.6) is 0 Å². The lowest BCUT2D eigenvalue weighted by molar-refractivity contribution is -0.123. The Morgan fingerprint density at radius 3 is 2.64 bits per heavy atom. The van der Waals surface area contributed by atoms with Gasteiger partial charge in [0.1, 0.15) is 6.04 Å². The topological polar surface area (TPSA) is 66.5 Å². The third-order valence-electron chi connectivity index (χ3n) is 5.46. The summed E-state index contributed by atoms with van der Waals surface area (Å²) in [7, 11) is -3.62. The van der Waals surface area contributed by atoms with Gasteiger partial charge in [0, 0.05) is 11.1 Å². The number of nitrogens with zero attached hydrogens (tertiary/aromatic N) is 1. The second-order valence-electron chi connectivity index (χ2n) is 7.25. The van der Waals surface area contributed by atoms with Gasteiger partial charge in [-0.25, -0.2) is 8.42 Å². The average molecular weight is 385 g/mol. The van der Waals surface area contributed by atoms with E-state index in [2.05, 4.69) is 5.32 Å². The molecule has 0 spiro atoms. The molecule has 0 saturated heterocycles. The summed E-state index contributed by atoms with van der Waals surface area (Å²) in [6.07, 6.45) is 6.14. The molecule has 1 aromatic rings. The van der Waals surface area contributed by atoms with Crippen molar-refractivity contribution in [1.29, 1.82) is 0 Å². The molecule has 0 heterocycles. The molecule has 138 valence electrons. The fourth-order valence-electron chi connectivity index (χ4n) is 4.37. The molecule has 1 amide bonds. The number of carbonyl (C=O) groups is 1. The van der Waals surface area contributed by atoms with Crippen LogP contribution in [-0.2, 0) is 14.8 Å². The highest BCUT2D eigenvalue weighted by Crippen LogP contribution is 2.44. The summed E-state index contributed by atoms with van der Waals surface area (Å²) in [5, 5.41) is 3.56. The fourth-order valence-corrected chi connectivity index (χ4v) is 5.76. The highest BCUT2D eigenvalue weighted by molar-refractivity contribution is 7.92. The van der Waals surface area contributed by atoms with E-state index in [1.54, 1.807) is 24.3 Å². The Labute approximate surface area is 154 Å². The van der Waals surface area contributed by atoms with Crippen molar-refractivity contribution in [3.8, 4) is 0 Å². The molecule has 4 atom stereocenters. The van der Waals surface area contributed by atoms with Crippen LogP contribution >= 0.6 is 11.6 Å². The number of fused-ring (bicyclic) bond motifs is 2. The standard InChI is InChI=1S/C18H25ClN2O3S/c1-3-17(18(22)20-16-10-12-7-8-13(16)9-12)21(25(2,23)24)15-6-4-5-14(19)11-15/h4-6,11-13,16-17H,3,7-10H2,1-2H3,(H,20,22)/t12-,13-,16-,17+/m0/s1. The summed E-state index contributed by atoms with van der Waals surface area (Å²) in [6, 6.07) is 6.03. The van der Waals surface area contributed by atoms with Crippen LogP contribution in [0.4, 0.5) is 5.69 Å². The van der Waals surface area contributed by atoms with E-state index in [0.29, 0.717) is 29.0 Å². The van der Waals surface area contributed by atoms with Crippen LogP contribution in [0, 0.1) is 11.8 Å². The molecule has 2 aliphatic carbocycles. The molecule has 7 heteroatoms. The lowest BCUT2D eigenvalue weighted by Gasteiger charge is -2.32. The second kappa shape index (κ2) is 7.16.